The first kappa shape index (κ1) is 22.0. The quantitative estimate of drug-likeness (QED) is 0.551. The average molecular weight is 453 g/mol. The number of halogens is 5. The number of hydrogen-bond donors (Lipinski definition) is 2. The Morgan fingerprint density at radius 3 is 2.59 bits per heavy atom. The van der Waals surface area contributed by atoms with Crippen molar-refractivity contribution in [1.82, 2.24) is 19.9 Å². The second-order valence-electron chi connectivity index (χ2n) is 7.75. The molecule has 170 valence electrons. The molecule has 1 fully saturated rings. The molecular weight excluding hydrogens is 433 g/mol. The van der Waals surface area contributed by atoms with Crippen LogP contribution in [0.1, 0.15) is 47.2 Å². The van der Waals surface area contributed by atoms with Crippen molar-refractivity contribution in [3.63, 3.8) is 0 Å². The van der Waals surface area contributed by atoms with E-state index in [1.165, 1.54) is 41.2 Å². The number of benzene rings is 1. The smallest absolute Gasteiger partial charge is 0.366 e. The van der Waals surface area contributed by atoms with Gasteiger partial charge in [-0.15, -0.1) is 0 Å². The van der Waals surface area contributed by atoms with E-state index in [9.17, 15) is 26.7 Å². The standard InChI is InChI=1S/C21H20F5N5O/c22-20(23)8-5-14(6-9-20)29-19(32)15-12-28-31-10-7-17(30-18(15)31)27-11-13-3-1-2-4-16(13)21(24,25)26/h1-4,7,10,12,14H,5-6,8-9,11H2,(H,27,30)(H,29,32). The molecule has 2 aromatic heterocycles. The molecule has 2 N–H and O–H groups in total. The Balaban J connectivity index is 1.48. The van der Waals surface area contributed by atoms with Crippen LogP contribution in [-0.4, -0.2) is 32.5 Å². The number of nitrogens with one attached hydrogen (secondary N) is 2. The lowest BCUT2D eigenvalue weighted by atomic mass is 9.92. The first-order valence-corrected chi connectivity index (χ1v) is 10.0. The molecule has 0 saturated heterocycles. The zero-order valence-corrected chi connectivity index (χ0v) is 16.8. The zero-order chi connectivity index (χ0) is 22.9. The number of anilines is 1. The molecule has 0 bridgehead atoms. The van der Waals surface area contributed by atoms with Crippen molar-refractivity contribution < 1.29 is 26.7 Å². The van der Waals surface area contributed by atoms with Gasteiger partial charge in [-0.3, -0.25) is 4.79 Å². The zero-order valence-electron chi connectivity index (χ0n) is 16.8. The third-order valence-electron chi connectivity index (χ3n) is 5.45. The highest BCUT2D eigenvalue weighted by Crippen LogP contribution is 2.33. The predicted octanol–water partition coefficient (Wildman–Crippen LogP) is 4.67. The Hall–Kier alpha value is -3.24. The normalized spacial score (nSPS) is 16.8. The van der Waals surface area contributed by atoms with Crippen LogP contribution in [0.15, 0.2) is 42.7 Å². The van der Waals surface area contributed by atoms with Crippen LogP contribution in [0.4, 0.5) is 27.8 Å². The number of carbonyl (C=O) groups excluding carboxylic acids is 1. The number of alkyl halides is 5. The van der Waals surface area contributed by atoms with Crippen LogP contribution < -0.4 is 10.6 Å². The highest BCUT2D eigenvalue weighted by molar-refractivity contribution is 5.99. The average Bonchev–Trinajstić information content (AvgIpc) is 3.17. The van der Waals surface area contributed by atoms with E-state index in [-0.39, 0.29) is 60.9 Å². The van der Waals surface area contributed by atoms with E-state index in [4.69, 9.17) is 0 Å². The summed E-state index contributed by atoms with van der Waals surface area (Å²) in [6, 6.07) is 6.39. The van der Waals surface area contributed by atoms with Gasteiger partial charge in [0.2, 0.25) is 5.92 Å². The molecule has 0 unspecified atom stereocenters. The van der Waals surface area contributed by atoms with E-state index < -0.39 is 23.6 Å². The molecule has 0 atom stereocenters. The highest BCUT2D eigenvalue weighted by Gasteiger charge is 2.36. The van der Waals surface area contributed by atoms with Gasteiger partial charge in [-0.05, 0) is 30.5 Å². The van der Waals surface area contributed by atoms with E-state index in [0.29, 0.717) is 0 Å². The number of nitrogens with zero attached hydrogens (tertiary/aromatic N) is 3. The molecule has 2 heterocycles. The minimum Gasteiger partial charge on any atom is -0.366 e. The third-order valence-corrected chi connectivity index (χ3v) is 5.45. The van der Waals surface area contributed by atoms with Gasteiger partial charge in [0, 0.05) is 31.6 Å². The monoisotopic (exact) mass is 453 g/mol. The SMILES string of the molecule is O=C(NC1CCC(F)(F)CC1)c1cnn2ccc(NCc3ccccc3C(F)(F)F)nc12. The molecule has 11 heteroatoms. The fourth-order valence-corrected chi connectivity index (χ4v) is 3.71. The Morgan fingerprint density at radius 1 is 1.16 bits per heavy atom. The van der Waals surface area contributed by atoms with Gasteiger partial charge in [-0.25, -0.2) is 18.3 Å². The van der Waals surface area contributed by atoms with E-state index in [0.717, 1.165) is 6.07 Å². The number of fused-ring (bicyclic) bond motifs is 1. The Kier molecular flexibility index (Phi) is 5.74. The lowest BCUT2D eigenvalue weighted by Gasteiger charge is -2.28. The molecule has 1 aliphatic carbocycles. The molecule has 0 spiro atoms. The van der Waals surface area contributed by atoms with Crippen LogP contribution in [0, 0.1) is 0 Å². The van der Waals surface area contributed by atoms with Gasteiger partial charge in [-0.1, -0.05) is 18.2 Å². The van der Waals surface area contributed by atoms with E-state index >= 15 is 0 Å². The molecule has 1 aliphatic rings. The number of hydrogen-bond acceptors (Lipinski definition) is 4. The fourth-order valence-electron chi connectivity index (χ4n) is 3.71. The third kappa shape index (κ3) is 4.81. The molecule has 1 aromatic carbocycles. The van der Waals surface area contributed by atoms with Gasteiger partial charge in [0.25, 0.3) is 5.91 Å². The first-order chi connectivity index (χ1) is 15.1. The molecular formula is C21H20F5N5O. The van der Waals surface area contributed by atoms with Crippen molar-refractivity contribution in [2.75, 3.05) is 5.32 Å². The lowest BCUT2D eigenvalue weighted by Crippen LogP contribution is -2.40. The topological polar surface area (TPSA) is 71.3 Å². The molecule has 4 rings (SSSR count). The van der Waals surface area contributed by atoms with Crippen LogP contribution >= 0.6 is 0 Å². The number of rotatable bonds is 5. The summed E-state index contributed by atoms with van der Waals surface area (Å²) in [4.78, 5) is 17.0. The first-order valence-electron chi connectivity index (χ1n) is 10.0. The summed E-state index contributed by atoms with van der Waals surface area (Å²) in [6.45, 7) is -0.120. The Bertz CT molecular complexity index is 1120. The van der Waals surface area contributed by atoms with Crippen molar-refractivity contribution in [3.8, 4) is 0 Å². The molecule has 1 amide bonds. The van der Waals surface area contributed by atoms with Gasteiger partial charge in [0.15, 0.2) is 5.65 Å². The van der Waals surface area contributed by atoms with Gasteiger partial charge in [0.1, 0.15) is 11.4 Å². The fraction of sp³-hybridized carbons (Fsp3) is 0.381. The minimum absolute atomic E-state index is 0.0576. The van der Waals surface area contributed by atoms with Crippen molar-refractivity contribution >= 4 is 17.4 Å². The maximum Gasteiger partial charge on any atom is 0.416 e. The summed E-state index contributed by atoms with van der Waals surface area (Å²) in [5.74, 6) is -2.91. The van der Waals surface area contributed by atoms with Crippen LogP contribution in [-0.2, 0) is 12.7 Å². The van der Waals surface area contributed by atoms with Gasteiger partial charge in [0.05, 0.1) is 11.8 Å². The van der Waals surface area contributed by atoms with Crippen molar-refractivity contribution in [3.05, 3.63) is 59.4 Å². The summed E-state index contributed by atoms with van der Waals surface area (Å²) < 4.78 is 67.5. The van der Waals surface area contributed by atoms with Crippen molar-refractivity contribution in [1.29, 1.82) is 0 Å². The summed E-state index contributed by atoms with van der Waals surface area (Å²) in [5, 5.41) is 9.64. The van der Waals surface area contributed by atoms with Crippen LogP contribution in [0.3, 0.4) is 0 Å². The Morgan fingerprint density at radius 2 is 1.88 bits per heavy atom. The van der Waals surface area contributed by atoms with E-state index in [1.807, 2.05) is 0 Å². The lowest BCUT2D eigenvalue weighted by molar-refractivity contribution is -0.138. The van der Waals surface area contributed by atoms with Crippen molar-refractivity contribution in [2.24, 2.45) is 0 Å². The second-order valence-corrected chi connectivity index (χ2v) is 7.75. The minimum atomic E-state index is -4.48. The van der Waals surface area contributed by atoms with E-state index in [2.05, 4.69) is 20.7 Å². The predicted molar refractivity (Wildman–Crippen MR) is 106 cm³/mol. The maximum absolute atomic E-state index is 13.3. The highest BCUT2D eigenvalue weighted by atomic mass is 19.4. The molecule has 32 heavy (non-hydrogen) atoms. The number of aromatic nitrogens is 3. The summed E-state index contributed by atoms with van der Waals surface area (Å²) >= 11 is 0. The van der Waals surface area contributed by atoms with Crippen LogP contribution in [0.25, 0.3) is 5.65 Å². The summed E-state index contributed by atoms with van der Waals surface area (Å²) in [5.41, 5.74) is -0.322. The Labute approximate surface area is 179 Å². The molecule has 3 aromatic rings. The van der Waals surface area contributed by atoms with Crippen LogP contribution in [0.5, 0.6) is 0 Å². The van der Waals surface area contributed by atoms with Gasteiger partial charge >= 0.3 is 6.18 Å². The maximum atomic E-state index is 13.3. The molecule has 6 nitrogen and oxygen atoms in total. The van der Waals surface area contributed by atoms with Gasteiger partial charge < -0.3 is 10.6 Å². The number of carbonyl (C=O) groups is 1. The van der Waals surface area contributed by atoms with Gasteiger partial charge in [-0.2, -0.15) is 18.3 Å². The van der Waals surface area contributed by atoms with Crippen molar-refractivity contribution in [2.45, 2.75) is 50.4 Å². The largest absolute Gasteiger partial charge is 0.416 e. The number of amides is 1. The molecule has 0 aliphatic heterocycles. The molecule has 0 radical (unpaired) electrons. The van der Waals surface area contributed by atoms with E-state index in [1.54, 1.807) is 0 Å². The second kappa shape index (κ2) is 8.36. The summed E-state index contributed by atoms with van der Waals surface area (Å²) in [6.07, 6.45) is -1.84. The van der Waals surface area contributed by atoms with Crippen LogP contribution in [0.2, 0.25) is 0 Å². The summed E-state index contributed by atoms with van der Waals surface area (Å²) in [7, 11) is 0. The molecule has 1 saturated carbocycles.